The van der Waals surface area contributed by atoms with Crippen molar-refractivity contribution in [3.8, 4) is 0 Å². The van der Waals surface area contributed by atoms with Crippen LogP contribution < -0.4 is 0 Å². The Morgan fingerprint density at radius 3 is 0.729 bits per heavy atom. The summed E-state index contributed by atoms with van der Waals surface area (Å²) < 4.78 is 68.1. The summed E-state index contributed by atoms with van der Waals surface area (Å²) in [6.45, 7) is 14.0. The molecule has 0 aliphatic carbocycles. The summed E-state index contributed by atoms with van der Waals surface area (Å²) in [5, 5.41) is 10.5. The Bertz CT molecular complexity index is 1700. The third kappa shape index (κ3) is 60.7. The molecule has 0 radical (unpaired) electrons. The van der Waals surface area contributed by atoms with Gasteiger partial charge in [-0.2, -0.15) is 0 Å². The molecule has 5 atom stereocenters. The van der Waals surface area contributed by atoms with Gasteiger partial charge in [0.05, 0.1) is 26.4 Å². The van der Waals surface area contributed by atoms with Crippen molar-refractivity contribution in [2.45, 2.75) is 337 Å². The molecule has 0 rings (SSSR count). The van der Waals surface area contributed by atoms with Gasteiger partial charge in [-0.25, -0.2) is 9.13 Å². The van der Waals surface area contributed by atoms with E-state index < -0.39 is 97.5 Å². The van der Waals surface area contributed by atoms with Gasteiger partial charge in [0.15, 0.2) is 12.2 Å². The number of carbonyl (C=O) groups excluding carboxylic acids is 4. The molecule has 0 aliphatic heterocycles. The summed E-state index contributed by atoms with van der Waals surface area (Å²) in [5.74, 6) is 0.748. The van der Waals surface area contributed by atoms with Gasteiger partial charge in [0, 0.05) is 25.7 Å². The number of rotatable bonds is 63. The zero-order valence-corrected chi connectivity index (χ0v) is 57.0. The molecule has 0 aromatic carbocycles. The Balaban J connectivity index is 5.24. The van der Waals surface area contributed by atoms with Gasteiger partial charge in [-0.15, -0.1) is 0 Å². The quantitative estimate of drug-likeness (QED) is 0.0222. The molecule has 0 spiro atoms. The molecule has 17 nitrogen and oxygen atoms in total. The summed E-state index contributed by atoms with van der Waals surface area (Å²) >= 11 is 0. The Hall–Kier alpha value is -1.94. The summed E-state index contributed by atoms with van der Waals surface area (Å²) in [5.41, 5.74) is 0. The van der Waals surface area contributed by atoms with E-state index in [1.807, 2.05) is 0 Å². The Labute approximate surface area is 517 Å². The van der Waals surface area contributed by atoms with Crippen LogP contribution in [0.4, 0.5) is 0 Å². The number of phosphoric ester groups is 2. The lowest BCUT2D eigenvalue weighted by Crippen LogP contribution is -2.30. The van der Waals surface area contributed by atoms with Crippen LogP contribution in [0.3, 0.4) is 0 Å². The van der Waals surface area contributed by atoms with E-state index in [9.17, 15) is 43.2 Å². The highest BCUT2D eigenvalue weighted by molar-refractivity contribution is 7.47. The van der Waals surface area contributed by atoms with Crippen LogP contribution in [0.5, 0.6) is 0 Å². The number of hydrogen-bond acceptors (Lipinski definition) is 15. The third-order valence-electron chi connectivity index (χ3n) is 15.1. The highest BCUT2D eigenvalue weighted by Gasteiger charge is 2.30. The van der Waals surface area contributed by atoms with Crippen LogP contribution >= 0.6 is 15.6 Å². The number of aliphatic hydroxyl groups excluding tert-OH is 1. The molecular weight excluding hydrogens is 1130 g/mol. The van der Waals surface area contributed by atoms with E-state index in [-0.39, 0.29) is 25.7 Å². The van der Waals surface area contributed by atoms with Crippen LogP contribution in [0.1, 0.15) is 319 Å². The summed E-state index contributed by atoms with van der Waals surface area (Å²) in [6.07, 6.45) is 36.4. The van der Waals surface area contributed by atoms with Crippen molar-refractivity contribution in [2.24, 2.45) is 23.7 Å². The van der Waals surface area contributed by atoms with Crippen LogP contribution in [0.15, 0.2) is 0 Å². The molecule has 0 saturated carbocycles. The molecule has 19 heteroatoms. The normalized spacial score (nSPS) is 14.4. The molecule has 0 heterocycles. The lowest BCUT2D eigenvalue weighted by Gasteiger charge is -2.21. The smallest absolute Gasteiger partial charge is 0.462 e. The van der Waals surface area contributed by atoms with Crippen molar-refractivity contribution in [2.75, 3.05) is 39.6 Å². The maximum Gasteiger partial charge on any atom is 0.472 e. The van der Waals surface area contributed by atoms with Gasteiger partial charge in [-0.05, 0) is 49.4 Å². The van der Waals surface area contributed by atoms with Crippen molar-refractivity contribution in [1.29, 1.82) is 0 Å². The molecule has 0 aliphatic rings. The highest BCUT2D eigenvalue weighted by Crippen LogP contribution is 2.45. The second kappa shape index (κ2) is 56.1. The van der Waals surface area contributed by atoms with E-state index in [1.54, 1.807) is 0 Å². The molecule has 0 aromatic heterocycles. The first kappa shape index (κ1) is 83.1. The number of unbranched alkanes of at least 4 members (excludes halogenated alkanes) is 29. The number of aliphatic hydroxyl groups is 1. The largest absolute Gasteiger partial charge is 0.472 e. The van der Waals surface area contributed by atoms with E-state index in [0.717, 1.165) is 115 Å². The molecule has 0 aromatic rings. The van der Waals surface area contributed by atoms with Crippen molar-refractivity contribution < 1.29 is 80.2 Å². The standard InChI is InChI=1S/C66H128O17P2/c1-56(2)42-34-26-18-13-10-9-11-15-21-32-40-48-65(70)83-62(53-77-64(69)47-39-31-25-24-29-37-45-59(7)8)55-81-85(74,75)79-51-60(67)50-78-84(72,73)80-54-61(52-76-63(68)46-38-30-23-17-20-28-36-44-58(5)6)82-66(71)49-41-33-22-16-12-14-19-27-35-43-57(3)4/h56-62,67H,9-55H2,1-8H3,(H,72,73)(H,74,75)/t60-,61-,62-/m1/s1. The second-order valence-corrected chi connectivity index (χ2v) is 28.7. The van der Waals surface area contributed by atoms with E-state index in [4.69, 9.17) is 37.0 Å². The van der Waals surface area contributed by atoms with E-state index in [2.05, 4.69) is 55.4 Å². The van der Waals surface area contributed by atoms with Crippen LogP contribution in [0.2, 0.25) is 0 Å². The zero-order valence-electron chi connectivity index (χ0n) is 55.2. The zero-order chi connectivity index (χ0) is 63.2. The van der Waals surface area contributed by atoms with Crippen molar-refractivity contribution >= 4 is 39.5 Å². The fourth-order valence-electron chi connectivity index (χ4n) is 9.78. The van der Waals surface area contributed by atoms with Gasteiger partial charge in [-0.1, -0.05) is 267 Å². The molecule has 0 amide bonds. The minimum Gasteiger partial charge on any atom is -0.462 e. The Morgan fingerprint density at radius 1 is 0.294 bits per heavy atom. The third-order valence-corrected chi connectivity index (χ3v) is 17.0. The Kier molecular flexibility index (Phi) is 54.8. The molecular formula is C66H128O17P2. The van der Waals surface area contributed by atoms with Gasteiger partial charge >= 0.3 is 39.5 Å². The van der Waals surface area contributed by atoms with Crippen molar-refractivity contribution in [3.05, 3.63) is 0 Å². The van der Waals surface area contributed by atoms with Gasteiger partial charge in [0.1, 0.15) is 19.3 Å². The van der Waals surface area contributed by atoms with Gasteiger partial charge < -0.3 is 33.8 Å². The van der Waals surface area contributed by atoms with Crippen LogP contribution in [0, 0.1) is 23.7 Å². The molecule has 0 saturated heterocycles. The predicted octanol–water partition coefficient (Wildman–Crippen LogP) is 18.1. The number of carbonyl (C=O) groups is 4. The molecule has 0 bridgehead atoms. The van der Waals surface area contributed by atoms with E-state index >= 15 is 0 Å². The minimum absolute atomic E-state index is 0.104. The predicted molar refractivity (Wildman–Crippen MR) is 340 cm³/mol. The lowest BCUT2D eigenvalue weighted by atomic mass is 10.0. The topological polar surface area (TPSA) is 237 Å². The molecule has 504 valence electrons. The second-order valence-electron chi connectivity index (χ2n) is 25.8. The first-order chi connectivity index (χ1) is 40.6. The van der Waals surface area contributed by atoms with E-state index in [1.165, 1.54) is 109 Å². The van der Waals surface area contributed by atoms with Gasteiger partial charge in [0.2, 0.25) is 0 Å². The molecule has 3 N–H and O–H groups in total. The highest BCUT2D eigenvalue weighted by atomic mass is 31.2. The number of hydrogen-bond donors (Lipinski definition) is 3. The van der Waals surface area contributed by atoms with Crippen molar-refractivity contribution in [1.82, 2.24) is 0 Å². The average molecular weight is 1260 g/mol. The summed E-state index contributed by atoms with van der Waals surface area (Å²) in [6, 6.07) is 0. The fourth-order valence-corrected chi connectivity index (χ4v) is 11.4. The maximum absolute atomic E-state index is 13.0. The summed E-state index contributed by atoms with van der Waals surface area (Å²) in [4.78, 5) is 72.3. The summed E-state index contributed by atoms with van der Waals surface area (Å²) in [7, 11) is -9.89. The van der Waals surface area contributed by atoms with Gasteiger partial charge in [-0.3, -0.25) is 37.3 Å². The van der Waals surface area contributed by atoms with Crippen LogP contribution in [-0.4, -0.2) is 96.7 Å². The van der Waals surface area contributed by atoms with Crippen LogP contribution in [0.25, 0.3) is 0 Å². The Morgan fingerprint density at radius 2 is 0.494 bits per heavy atom. The average Bonchev–Trinajstić information content (AvgIpc) is 3.61. The maximum atomic E-state index is 13.0. The first-order valence-electron chi connectivity index (χ1n) is 34.2. The van der Waals surface area contributed by atoms with Crippen molar-refractivity contribution in [3.63, 3.8) is 0 Å². The monoisotopic (exact) mass is 1250 g/mol. The molecule has 85 heavy (non-hydrogen) atoms. The molecule has 0 fully saturated rings. The van der Waals surface area contributed by atoms with Gasteiger partial charge in [0.25, 0.3) is 0 Å². The number of phosphoric acid groups is 2. The first-order valence-corrected chi connectivity index (χ1v) is 37.2. The minimum atomic E-state index is -4.95. The molecule has 2 unspecified atom stereocenters. The fraction of sp³-hybridized carbons (Fsp3) is 0.939. The van der Waals surface area contributed by atoms with E-state index in [0.29, 0.717) is 37.5 Å². The number of ether oxygens (including phenoxy) is 4. The SMILES string of the molecule is CC(C)CCCCCCCCCCCCCC(=O)O[C@H](COC(=O)CCCCCCCCC(C)C)COP(=O)(O)OC[C@H](O)COP(=O)(O)OC[C@@H](COC(=O)CCCCCCCCCC(C)C)OC(=O)CCCCCCCCCCCC(C)C. The number of esters is 4. The van der Waals surface area contributed by atoms with Crippen LogP contribution in [-0.2, 0) is 65.4 Å². The lowest BCUT2D eigenvalue weighted by molar-refractivity contribution is -0.161.